The predicted octanol–water partition coefficient (Wildman–Crippen LogP) is 5.13. The summed E-state index contributed by atoms with van der Waals surface area (Å²) < 4.78 is 17.0. The normalized spacial score (nSPS) is 13.9. The van der Waals surface area contributed by atoms with E-state index >= 15 is 0 Å². The van der Waals surface area contributed by atoms with Gasteiger partial charge in [0.15, 0.2) is 5.17 Å². The maximum Gasteiger partial charge on any atom is 0.250 e. The molecule has 0 saturated heterocycles. The summed E-state index contributed by atoms with van der Waals surface area (Å²) >= 11 is 1.55. The zero-order chi connectivity index (χ0) is 21.8. The van der Waals surface area contributed by atoms with Gasteiger partial charge in [0.25, 0.3) is 0 Å². The summed E-state index contributed by atoms with van der Waals surface area (Å²) in [5.41, 5.74) is 4.30. The number of aliphatic imine (C=N–C) groups is 1. The van der Waals surface area contributed by atoms with Crippen LogP contribution in [0, 0.1) is 0 Å². The van der Waals surface area contributed by atoms with Gasteiger partial charge in [-0.25, -0.2) is 0 Å². The lowest BCUT2D eigenvalue weighted by atomic mass is 9.99. The van der Waals surface area contributed by atoms with Gasteiger partial charge in [-0.3, -0.25) is 9.79 Å². The van der Waals surface area contributed by atoms with Crippen molar-refractivity contribution in [3.8, 4) is 22.6 Å². The van der Waals surface area contributed by atoms with Crippen molar-refractivity contribution >= 4 is 39.4 Å². The number of ether oxygens (including phenoxy) is 2. The van der Waals surface area contributed by atoms with Gasteiger partial charge in [0.1, 0.15) is 17.1 Å². The summed E-state index contributed by atoms with van der Waals surface area (Å²) in [5, 5.41) is 4.45. The first-order valence-corrected chi connectivity index (χ1v) is 11.1. The quantitative estimate of drug-likeness (QED) is 0.543. The molecule has 31 heavy (non-hydrogen) atoms. The number of carbonyl (C=O) groups excluding carboxylic acids is 1. The molecule has 0 radical (unpaired) electrons. The molecule has 0 fully saturated rings. The molecule has 7 heteroatoms. The minimum Gasteiger partial charge on any atom is -0.497 e. The van der Waals surface area contributed by atoms with Crippen molar-refractivity contribution in [2.75, 3.05) is 26.0 Å². The highest BCUT2D eigenvalue weighted by atomic mass is 32.2. The lowest BCUT2D eigenvalue weighted by Gasteiger charge is -2.12. The first-order valence-electron chi connectivity index (χ1n) is 10.1. The van der Waals surface area contributed by atoms with E-state index in [1.165, 1.54) is 0 Å². The molecule has 4 rings (SSSR count). The van der Waals surface area contributed by atoms with Crippen LogP contribution in [0.4, 0.5) is 0 Å². The molecular weight excluding hydrogens is 412 g/mol. The summed E-state index contributed by atoms with van der Waals surface area (Å²) in [6.07, 6.45) is 3.32. The average molecular weight is 437 g/mol. The summed E-state index contributed by atoms with van der Waals surface area (Å²) in [6, 6.07) is 11.7. The summed E-state index contributed by atoms with van der Waals surface area (Å²) in [7, 11) is 1.65. The molecule has 2 heterocycles. The Morgan fingerprint density at radius 3 is 2.94 bits per heavy atom. The molecule has 6 nitrogen and oxygen atoms in total. The second-order valence-electron chi connectivity index (χ2n) is 7.01. The molecule has 0 unspecified atom stereocenters. The number of carbonyl (C=O) groups is 1. The van der Waals surface area contributed by atoms with Crippen LogP contribution in [0.2, 0.25) is 0 Å². The molecular formula is C24H24N2O4S. The molecule has 0 atom stereocenters. The minimum atomic E-state index is -0.201. The van der Waals surface area contributed by atoms with E-state index in [1.54, 1.807) is 31.2 Å². The highest BCUT2D eigenvalue weighted by Crippen LogP contribution is 2.38. The fraction of sp³-hybridized carbons (Fsp3) is 0.250. The van der Waals surface area contributed by atoms with Crippen LogP contribution in [0.25, 0.3) is 27.7 Å². The third-order valence-electron chi connectivity index (χ3n) is 4.94. The molecule has 3 aromatic rings. The maximum absolute atomic E-state index is 12.5. The van der Waals surface area contributed by atoms with Crippen molar-refractivity contribution in [2.24, 2.45) is 4.99 Å². The molecule has 1 aliphatic heterocycles. The van der Waals surface area contributed by atoms with Gasteiger partial charge in [0, 0.05) is 34.4 Å². The molecule has 0 spiro atoms. The minimum absolute atomic E-state index is 0.201. The predicted molar refractivity (Wildman–Crippen MR) is 126 cm³/mol. The number of furan rings is 1. The van der Waals surface area contributed by atoms with Crippen LogP contribution in [0.3, 0.4) is 0 Å². The fourth-order valence-electron chi connectivity index (χ4n) is 3.48. The number of amides is 1. The Morgan fingerprint density at radius 1 is 1.32 bits per heavy atom. The summed E-state index contributed by atoms with van der Waals surface area (Å²) in [4.78, 5) is 16.7. The number of amidine groups is 1. The fourth-order valence-corrected chi connectivity index (χ4v) is 4.21. The number of hydrogen-bond acceptors (Lipinski definition) is 6. The van der Waals surface area contributed by atoms with Gasteiger partial charge in [-0.2, -0.15) is 0 Å². The van der Waals surface area contributed by atoms with Crippen molar-refractivity contribution in [3.63, 3.8) is 0 Å². The van der Waals surface area contributed by atoms with Gasteiger partial charge in [0.2, 0.25) is 5.91 Å². The Morgan fingerprint density at radius 2 is 2.19 bits per heavy atom. The summed E-state index contributed by atoms with van der Waals surface area (Å²) in [5.74, 6) is 2.15. The van der Waals surface area contributed by atoms with E-state index in [9.17, 15) is 4.79 Å². The Labute approximate surface area is 185 Å². The van der Waals surface area contributed by atoms with Gasteiger partial charge in [0.05, 0.1) is 26.5 Å². The van der Waals surface area contributed by atoms with Crippen LogP contribution >= 0.6 is 11.8 Å². The number of nitrogens with one attached hydrogen (secondary N) is 1. The molecule has 0 saturated carbocycles. The first kappa shape index (κ1) is 21.1. The van der Waals surface area contributed by atoms with E-state index < -0.39 is 0 Å². The summed E-state index contributed by atoms with van der Waals surface area (Å²) in [6.45, 7) is 5.08. The topological polar surface area (TPSA) is 73.1 Å². The number of thioether (sulfide) groups is 1. The molecule has 2 aromatic carbocycles. The molecule has 1 N–H and O–H groups in total. The third-order valence-corrected chi connectivity index (χ3v) is 5.84. The van der Waals surface area contributed by atoms with Crippen LogP contribution in [0.1, 0.15) is 19.4 Å². The smallest absolute Gasteiger partial charge is 0.250 e. The Bertz CT molecular complexity index is 1180. The van der Waals surface area contributed by atoms with Crippen molar-refractivity contribution < 1.29 is 18.7 Å². The first-order chi connectivity index (χ1) is 15.1. The number of methoxy groups -OCH3 is 1. The van der Waals surface area contributed by atoms with Crippen LogP contribution in [-0.4, -0.2) is 37.1 Å². The standard InChI is InChI=1S/C24H24N2O4S/c1-4-29-21-13-22-19(20(14-30-22)16-6-5-7-17(11-16)28-3)12-18(21)15(2)10-23(27)26-24-25-8-9-31-24/h5-7,10-14H,4,8-9H2,1-3H3,(H,25,26,27)/b15-10+. The molecule has 0 aliphatic carbocycles. The second-order valence-corrected chi connectivity index (χ2v) is 8.09. The number of benzene rings is 2. The van der Waals surface area contributed by atoms with E-state index in [0.717, 1.165) is 51.3 Å². The Kier molecular flexibility index (Phi) is 6.32. The van der Waals surface area contributed by atoms with Crippen molar-refractivity contribution in [1.29, 1.82) is 0 Å². The van der Waals surface area contributed by atoms with Gasteiger partial charge in [-0.1, -0.05) is 23.9 Å². The monoisotopic (exact) mass is 436 g/mol. The molecule has 0 bridgehead atoms. The van der Waals surface area contributed by atoms with E-state index in [-0.39, 0.29) is 5.91 Å². The Hall–Kier alpha value is -3.19. The number of allylic oxidation sites excluding steroid dienone is 1. The molecule has 160 valence electrons. The zero-order valence-corrected chi connectivity index (χ0v) is 18.5. The third kappa shape index (κ3) is 4.61. The van der Waals surface area contributed by atoms with Crippen molar-refractivity contribution in [2.45, 2.75) is 13.8 Å². The van der Waals surface area contributed by atoms with Crippen LogP contribution in [0.15, 0.2) is 58.1 Å². The number of hydrogen-bond donors (Lipinski definition) is 1. The van der Waals surface area contributed by atoms with Crippen LogP contribution in [0.5, 0.6) is 11.5 Å². The van der Waals surface area contributed by atoms with E-state index in [2.05, 4.69) is 10.3 Å². The lowest BCUT2D eigenvalue weighted by Crippen LogP contribution is -2.25. The van der Waals surface area contributed by atoms with Crippen LogP contribution < -0.4 is 14.8 Å². The number of nitrogens with zero attached hydrogens (tertiary/aromatic N) is 1. The van der Waals surface area contributed by atoms with Gasteiger partial charge >= 0.3 is 0 Å². The highest BCUT2D eigenvalue weighted by Gasteiger charge is 2.16. The average Bonchev–Trinajstić information content (AvgIpc) is 3.42. The van der Waals surface area contributed by atoms with Crippen molar-refractivity contribution in [1.82, 2.24) is 5.32 Å². The number of rotatable bonds is 6. The van der Waals surface area contributed by atoms with Crippen molar-refractivity contribution in [3.05, 3.63) is 54.3 Å². The molecule has 1 aromatic heterocycles. The van der Waals surface area contributed by atoms with E-state index in [0.29, 0.717) is 17.5 Å². The van der Waals surface area contributed by atoms with Crippen LogP contribution in [-0.2, 0) is 4.79 Å². The number of fused-ring (bicyclic) bond motifs is 1. The van der Waals surface area contributed by atoms with Gasteiger partial charge in [-0.05, 0) is 43.2 Å². The maximum atomic E-state index is 12.5. The zero-order valence-electron chi connectivity index (χ0n) is 17.7. The molecule has 1 aliphatic rings. The SMILES string of the molecule is CCOc1cc2occ(-c3cccc(OC)c3)c2cc1/C(C)=C/C(=O)NC1=NCCS1. The second kappa shape index (κ2) is 9.31. The highest BCUT2D eigenvalue weighted by molar-refractivity contribution is 8.14. The molecule has 1 amide bonds. The van der Waals surface area contributed by atoms with E-state index in [4.69, 9.17) is 13.9 Å². The lowest BCUT2D eigenvalue weighted by molar-refractivity contribution is -0.115. The van der Waals surface area contributed by atoms with Gasteiger partial charge in [-0.15, -0.1) is 0 Å². The van der Waals surface area contributed by atoms with E-state index in [1.807, 2.05) is 50.2 Å². The van der Waals surface area contributed by atoms with Gasteiger partial charge < -0.3 is 19.2 Å². The largest absolute Gasteiger partial charge is 0.497 e. The Balaban J connectivity index is 1.74.